The van der Waals surface area contributed by atoms with Gasteiger partial charge >= 0.3 is 12.0 Å². The predicted molar refractivity (Wildman–Crippen MR) is 95.8 cm³/mol. The van der Waals surface area contributed by atoms with Crippen molar-refractivity contribution in [1.82, 2.24) is 10.6 Å². The normalized spacial score (nSPS) is 21.5. The molecule has 1 aliphatic carbocycles. The number of urea groups is 1. The fraction of sp³-hybridized carbons (Fsp3) is 0.500. The summed E-state index contributed by atoms with van der Waals surface area (Å²) in [5, 5.41) is 5.53. The Balaban J connectivity index is 1.76. The summed E-state index contributed by atoms with van der Waals surface area (Å²) < 4.78 is 5.61. The second-order valence-electron chi connectivity index (χ2n) is 7.08. The summed E-state index contributed by atoms with van der Waals surface area (Å²) in [4.78, 5) is 24.6. The van der Waals surface area contributed by atoms with Crippen LogP contribution in [-0.4, -0.2) is 18.6 Å². The molecule has 3 rings (SSSR count). The van der Waals surface area contributed by atoms with E-state index in [0.29, 0.717) is 23.8 Å². The van der Waals surface area contributed by atoms with Crippen molar-refractivity contribution in [2.45, 2.75) is 52.0 Å². The van der Waals surface area contributed by atoms with E-state index in [0.717, 1.165) is 24.0 Å². The van der Waals surface area contributed by atoms with Crippen LogP contribution in [0, 0.1) is 12.8 Å². The SMILES string of the molecule is CC1=C(C(=O)OCC2CCCCC2)C(c2ccc(C)cc2)NC(=O)N1. The van der Waals surface area contributed by atoms with Gasteiger partial charge in [-0.15, -0.1) is 0 Å². The van der Waals surface area contributed by atoms with Crippen molar-refractivity contribution < 1.29 is 14.3 Å². The summed E-state index contributed by atoms with van der Waals surface area (Å²) in [6.45, 7) is 4.21. The first-order valence-corrected chi connectivity index (χ1v) is 9.06. The minimum absolute atomic E-state index is 0.299. The molecule has 134 valence electrons. The Bertz CT molecular complexity index is 673. The lowest BCUT2D eigenvalue weighted by atomic mass is 9.90. The van der Waals surface area contributed by atoms with E-state index in [9.17, 15) is 9.59 Å². The third-order valence-corrected chi connectivity index (χ3v) is 5.07. The maximum atomic E-state index is 12.7. The number of benzene rings is 1. The van der Waals surface area contributed by atoms with Crippen molar-refractivity contribution >= 4 is 12.0 Å². The summed E-state index contributed by atoms with van der Waals surface area (Å²) in [7, 11) is 0. The first-order valence-electron chi connectivity index (χ1n) is 9.06. The Hall–Kier alpha value is -2.30. The Kier molecular flexibility index (Phi) is 5.41. The molecular formula is C20H26N2O3. The lowest BCUT2D eigenvalue weighted by molar-refractivity contribution is -0.141. The highest BCUT2D eigenvalue weighted by Crippen LogP contribution is 2.29. The number of carbonyl (C=O) groups excluding carboxylic acids is 2. The van der Waals surface area contributed by atoms with Gasteiger partial charge in [-0.2, -0.15) is 0 Å². The minimum atomic E-state index is -0.479. The number of allylic oxidation sites excluding steroid dienone is 1. The molecule has 0 saturated heterocycles. The predicted octanol–water partition coefficient (Wildman–Crippen LogP) is 3.75. The van der Waals surface area contributed by atoms with Gasteiger partial charge in [0.1, 0.15) is 0 Å². The van der Waals surface area contributed by atoms with Gasteiger partial charge in [-0.05, 0) is 38.2 Å². The van der Waals surface area contributed by atoms with Gasteiger partial charge in [0, 0.05) is 5.70 Å². The molecule has 1 aromatic rings. The van der Waals surface area contributed by atoms with Crippen molar-refractivity contribution in [2.75, 3.05) is 6.61 Å². The Morgan fingerprint density at radius 3 is 2.48 bits per heavy atom. The van der Waals surface area contributed by atoms with Crippen molar-refractivity contribution in [3.8, 4) is 0 Å². The first kappa shape index (κ1) is 17.5. The maximum Gasteiger partial charge on any atom is 0.338 e. The van der Waals surface area contributed by atoms with Crippen LogP contribution in [-0.2, 0) is 9.53 Å². The zero-order valence-electron chi connectivity index (χ0n) is 14.9. The number of carbonyl (C=O) groups is 2. The highest BCUT2D eigenvalue weighted by atomic mass is 16.5. The number of esters is 1. The van der Waals surface area contributed by atoms with E-state index in [2.05, 4.69) is 10.6 Å². The van der Waals surface area contributed by atoms with Crippen LogP contribution >= 0.6 is 0 Å². The van der Waals surface area contributed by atoms with Gasteiger partial charge < -0.3 is 15.4 Å². The lowest BCUT2D eigenvalue weighted by Gasteiger charge is -2.29. The molecule has 2 aliphatic rings. The molecule has 1 heterocycles. The summed E-state index contributed by atoms with van der Waals surface area (Å²) >= 11 is 0. The van der Waals surface area contributed by atoms with Crippen LogP contribution in [0.1, 0.15) is 56.2 Å². The molecule has 5 nitrogen and oxygen atoms in total. The fourth-order valence-corrected chi connectivity index (χ4v) is 3.60. The molecule has 0 bridgehead atoms. The average Bonchev–Trinajstić information content (AvgIpc) is 2.60. The number of amides is 2. The molecule has 2 amide bonds. The molecule has 1 aromatic carbocycles. The smallest absolute Gasteiger partial charge is 0.338 e. The molecule has 0 aromatic heterocycles. The number of rotatable bonds is 4. The quantitative estimate of drug-likeness (QED) is 0.819. The molecule has 1 fully saturated rings. The van der Waals surface area contributed by atoms with Crippen LogP contribution in [0.25, 0.3) is 0 Å². The molecule has 1 saturated carbocycles. The summed E-state index contributed by atoms with van der Waals surface area (Å²) in [5.41, 5.74) is 3.05. The molecule has 2 N–H and O–H groups in total. The van der Waals surface area contributed by atoms with Gasteiger partial charge in [0.2, 0.25) is 0 Å². The van der Waals surface area contributed by atoms with Gasteiger partial charge in [-0.3, -0.25) is 0 Å². The van der Waals surface area contributed by atoms with E-state index in [4.69, 9.17) is 4.74 Å². The molecule has 5 heteroatoms. The number of hydrogen-bond acceptors (Lipinski definition) is 3. The van der Waals surface area contributed by atoms with Crippen LogP contribution in [0.2, 0.25) is 0 Å². The van der Waals surface area contributed by atoms with Gasteiger partial charge in [-0.1, -0.05) is 49.1 Å². The Labute approximate surface area is 148 Å². The maximum absolute atomic E-state index is 12.7. The summed E-state index contributed by atoms with van der Waals surface area (Å²) in [5.74, 6) is 0.115. The van der Waals surface area contributed by atoms with Crippen molar-refractivity contribution in [2.24, 2.45) is 5.92 Å². The van der Waals surface area contributed by atoms with E-state index in [1.807, 2.05) is 31.2 Å². The van der Waals surface area contributed by atoms with Crippen molar-refractivity contribution in [3.05, 3.63) is 46.7 Å². The number of hydrogen-bond donors (Lipinski definition) is 2. The van der Waals surface area contributed by atoms with Gasteiger partial charge in [0.15, 0.2) is 0 Å². The Morgan fingerprint density at radius 2 is 1.80 bits per heavy atom. The van der Waals surface area contributed by atoms with E-state index in [1.54, 1.807) is 6.92 Å². The topological polar surface area (TPSA) is 67.4 Å². The Morgan fingerprint density at radius 1 is 1.12 bits per heavy atom. The average molecular weight is 342 g/mol. The van der Waals surface area contributed by atoms with Gasteiger partial charge in [0.25, 0.3) is 0 Å². The number of aryl methyl sites for hydroxylation is 1. The van der Waals surface area contributed by atoms with Crippen molar-refractivity contribution in [1.29, 1.82) is 0 Å². The minimum Gasteiger partial charge on any atom is -0.462 e. The molecule has 1 aliphatic heterocycles. The fourth-order valence-electron chi connectivity index (χ4n) is 3.60. The second-order valence-corrected chi connectivity index (χ2v) is 7.08. The summed E-state index contributed by atoms with van der Waals surface area (Å²) in [6, 6.07) is 7.05. The monoisotopic (exact) mass is 342 g/mol. The first-order chi connectivity index (χ1) is 12.0. The third kappa shape index (κ3) is 4.21. The number of ether oxygens (including phenoxy) is 1. The van der Waals surface area contributed by atoms with Crippen LogP contribution in [0.5, 0.6) is 0 Å². The van der Waals surface area contributed by atoms with Crippen LogP contribution in [0.3, 0.4) is 0 Å². The van der Waals surface area contributed by atoms with E-state index < -0.39 is 6.04 Å². The molecule has 25 heavy (non-hydrogen) atoms. The standard InChI is InChI=1S/C20H26N2O3/c1-13-8-10-16(11-9-13)18-17(14(2)21-20(24)22-18)19(23)25-12-15-6-4-3-5-7-15/h8-11,15,18H,3-7,12H2,1-2H3,(H2,21,22,24). The van der Waals surface area contributed by atoms with Gasteiger partial charge in [0.05, 0.1) is 18.2 Å². The second kappa shape index (κ2) is 7.72. The molecule has 0 spiro atoms. The highest BCUT2D eigenvalue weighted by Gasteiger charge is 2.32. The molecule has 0 radical (unpaired) electrons. The molecular weight excluding hydrogens is 316 g/mol. The van der Waals surface area contributed by atoms with Crippen LogP contribution in [0.15, 0.2) is 35.5 Å². The zero-order valence-corrected chi connectivity index (χ0v) is 14.9. The summed E-state index contributed by atoms with van der Waals surface area (Å²) in [6.07, 6.45) is 5.96. The zero-order chi connectivity index (χ0) is 17.8. The van der Waals surface area contributed by atoms with E-state index in [-0.39, 0.29) is 12.0 Å². The van der Waals surface area contributed by atoms with Crippen LogP contribution in [0.4, 0.5) is 4.79 Å². The molecule has 1 atom stereocenters. The van der Waals surface area contributed by atoms with Gasteiger partial charge in [-0.25, -0.2) is 9.59 Å². The van der Waals surface area contributed by atoms with Crippen molar-refractivity contribution in [3.63, 3.8) is 0 Å². The highest BCUT2D eigenvalue weighted by molar-refractivity contribution is 5.95. The van der Waals surface area contributed by atoms with E-state index >= 15 is 0 Å². The third-order valence-electron chi connectivity index (χ3n) is 5.07. The largest absolute Gasteiger partial charge is 0.462 e. The molecule has 1 unspecified atom stereocenters. The van der Waals surface area contributed by atoms with E-state index in [1.165, 1.54) is 19.3 Å². The number of nitrogens with one attached hydrogen (secondary N) is 2. The van der Waals surface area contributed by atoms with Crippen LogP contribution < -0.4 is 10.6 Å². The lowest BCUT2D eigenvalue weighted by Crippen LogP contribution is -2.45.